The topological polar surface area (TPSA) is 86.4 Å². The molecule has 6 nitrogen and oxygen atoms in total. The molecule has 1 aliphatic rings. The van der Waals surface area contributed by atoms with Crippen LogP contribution < -0.4 is 11.1 Å². The summed E-state index contributed by atoms with van der Waals surface area (Å²) in [5.74, 6) is -0.746. The van der Waals surface area contributed by atoms with E-state index in [-0.39, 0.29) is 12.5 Å². The van der Waals surface area contributed by atoms with Gasteiger partial charge in [-0.25, -0.2) is 0 Å². The number of ether oxygens (including phenoxy) is 1. The van der Waals surface area contributed by atoms with Crippen molar-refractivity contribution in [3.63, 3.8) is 0 Å². The smallest absolute Gasteiger partial charge is 0.243 e. The van der Waals surface area contributed by atoms with Gasteiger partial charge in [-0.2, -0.15) is 0 Å². The molecule has 6 heteroatoms. The number of para-hydroxylation sites is 1. The molecule has 0 aliphatic carbocycles. The van der Waals surface area contributed by atoms with E-state index in [9.17, 15) is 9.59 Å². The lowest BCUT2D eigenvalue weighted by molar-refractivity contribution is -0.135. The van der Waals surface area contributed by atoms with Gasteiger partial charge in [-0.3, -0.25) is 9.59 Å². The Morgan fingerprint density at radius 2 is 1.71 bits per heavy atom. The lowest BCUT2D eigenvalue weighted by atomic mass is 9.89. The van der Waals surface area contributed by atoms with Gasteiger partial charge >= 0.3 is 0 Å². The highest BCUT2D eigenvalue weighted by molar-refractivity contribution is 5.92. The zero-order chi connectivity index (χ0) is 19.6. The van der Waals surface area contributed by atoms with Crippen molar-refractivity contribution in [3.8, 4) is 11.3 Å². The number of amides is 2. The molecule has 2 heterocycles. The highest BCUT2D eigenvalue weighted by Gasteiger charge is 2.39. The molecular weight excluding hydrogens is 354 g/mol. The molecule has 1 fully saturated rings. The fourth-order valence-corrected chi connectivity index (χ4v) is 3.83. The number of aromatic nitrogens is 1. The Balaban J connectivity index is 1.67. The summed E-state index contributed by atoms with van der Waals surface area (Å²) >= 11 is 0. The number of nitrogens with one attached hydrogen (secondary N) is 1. The molecule has 4 rings (SSSR count). The number of hydrogen-bond acceptors (Lipinski definition) is 3. The first-order chi connectivity index (χ1) is 13.6. The van der Waals surface area contributed by atoms with Crippen molar-refractivity contribution in [2.24, 2.45) is 5.73 Å². The van der Waals surface area contributed by atoms with E-state index >= 15 is 0 Å². The molecular formula is C22H23N3O3. The largest absolute Gasteiger partial charge is 0.381 e. The third kappa shape index (κ3) is 3.39. The Morgan fingerprint density at radius 3 is 2.43 bits per heavy atom. The number of fused-ring (bicyclic) bond motifs is 1. The number of rotatable bonds is 5. The predicted molar refractivity (Wildman–Crippen MR) is 107 cm³/mol. The van der Waals surface area contributed by atoms with Gasteiger partial charge < -0.3 is 20.4 Å². The maximum absolute atomic E-state index is 12.9. The van der Waals surface area contributed by atoms with Crippen LogP contribution in [-0.2, 0) is 20.9 Å². The minimum atomic E-state index is -1.04. The molecule has 1 saturated heterocycles. The second-order valence-electron chi connectivity index (χ2n) is 7.15. The zero-order valence-corrected chi connectivity index (χ0v) is 15.6. The molecule has 0 spiro atoms. The van der Waals surface area contributed by atoms with E-state index in [4.69, 9.17) is 10.5 Å². The Kier molecular flexibility index (Phi) is 4.88. The minimum absolute atomic E-state index is 0.105. The molecule has 0 saturated carbocycles. The quantitative estimate of drug-likeness (QED) is 0.716. The first-order valence-electron chi connectivity index (χ1n) is 9.41. The second-order valence-corrected chi connectivity index (χ2v) is 7.15. The molecule has 144 valence electrons. The van der Waals surface area contributed by atoms with Crippen LogP contribution in [0.5, 0.6) is 0 Å². The van der Waals surface area contributed by atoms with Gasteiger partial charge in [0.15, 0.2) is 0 Å². The lowest BCUT2D eigenvalue weighted by Crippen LogP contribution is -2.60. The third-order valence-corrected chi connectivity index (χ3v) is 5.38. The molecule has 0 radical (unpaired) electrons. The van der Waals surface area contributed by atoms with Crippen molar-refractivity contribution in [1.29, 1.82) is 0 Å². The van der Waals surface area contributed by atoms with Crippen LogP contribution in [0.2, 0.25) is 0 Å². The van der Waals surface area contributed by atoms with Gasteiger partial charge in [0, 0.05) is 42.7 Å². The maximum Gasteiger partial charge on any atom is 0.243 e. The van der Waals surface area contributed by atoms with E-state index < -0.39 is 11.4 Å². The fourth-order valence-electron chi connectivity index (χ4n) is 3.83. The summed E-state index contributed by atoms with van der Waals surface area (Å²) in [5.41, 5.74) is 7.54. The molecule has 0 bridgehead atoms. The average molecular weight is 377 g/mol. The maximum atomic E-state index is 12.9. The molecule has 3 N–H and O–H groups in total. The summed E-state index contributed by atoms with van der Waals surface area (Å²) < 4.78 is 7.31. The van der Waals surface area contributed by atoms with Crippen LogP contribution in [0.3, 0.4) is 0 Å². The van der Waals surface area contributed by atoms with Crippen LogP contribution in [0.1, 0.15) is 12.8 Å². The second kappa shape index (κ2) is 7.48. The molecule has 2 amide bonds. The van der Waals surface area contributed by atoms with Gasteiger partial charge in [0.1, 0.15) is 12.1 Å². The third-order valence-electron chi connectivity index (χ3n) is 5.38. The van der Waals surface area contributed by atoms with Crippen LogP contribution >= 0.6 is 0 Å². The first-order valence-corrected chi connectivity index (χ1v) is 9.41. The summed E-state index contributed by atoms with van der Waals surface area (Å²) in [6, 6.07) is 20.0. The Hall–Kier alpha value is -3.12. The summed E-state index contributed by atoms with van der Waals surface area (Å²) in [6.07, 6.45) is 0.790. The molecule has 28 heavy (non-hydrogen) atoms. The molecule has 0 unspecified atom stereocenters. The standard InChI is InChI=1S/C22H23N3O3/c23-21(27)22(10-12-28-13-11-22)24-20(26)15-25-18-9-5-4-8-17(18)14-19(25)16-6-2-1-3-7-16/h1-9,14H,10-13,15H2,(H2,23,27)(H,24,26). The van der Waals surface area contributed by atoms with Crippen molar-refractivity contribution in [3.05, 3.63) is 60.7 Å². The van der Waals surface area contributed by atoms with Crippen LogP contribution in [0.25, 0.3) is 22.2 Å². The van der Waals surface area contributed by atoms with E-state index in [1.165, 1.54) is 0 Å². The number of nitrogens with two attached hydrogens (primary N) is 1. The SMILES string of the molecule is NC(=O)C1(NC(=O)Cn2c(-c3ccccc3)cc3ccccc32)CCOCC1. The van der Waals surface area contributed by atoms with Crippen LogP contribution in [-0.4, -0.2) is 35.1 Å². The summed E-state index contributed by atoms with van der Waals surface area (Å²) in [6.45, 7) is 0.920. The minimum Gasteiger partial charge on any atom is -0.381 e. The highest BCUT2D eigenvalue weighted by atomic mass is 16.5. The van der Waals surface area contributed by atoms with E-state index in [1.807, 2.05) is 59.2 Å². The van der Waals surface area contributed by atoms with Gasteiger partial charge in [-0.15, -0.1) is 0 Å². The van der Waals surface area contributed by atoms with E-state index in [0.717, 1.165) is 22.2 Å². The number of nitrogens with zero attached hydrogens (tertiary/aromatic N) is 1. The Bertz CT molecular complexity index is 1000. The van der Waals surface area contributed by atoms with Crippen molar-refractivity contribution in [2.75, 3.05) is 13.2 Å². The van der Waals surface area contributed by atoms with Crippen molar-refractivity contribution in [1.82, 2.24) is 9.88 Å². The Morgan fingerprint density at radius 1 is 1.04 bits per heavy atom. The van der Waals surface area contributed by atoms with Crippen molar-refractivity contribution < 1.29 is 14.3 Å². The highest BCUT2D eigenvalue weighted by Crippen LogP contribution is 2.28. The van der Waals surface area contributed by atoms with Gasteiger partial charge in [-0.05, 0) is 17.7 Å². The van der Waals surface area contributed by atoms with E-state index in [1.54, 1.807) is 0 Å². The van der Waals surface area contributed by atoms with Gasteiger partial charge in [0.25, 0.3) is 0 Å². The van der Waals surface area contributed by atoms with Crippen molar-refractivity contribution >= 4 is 22.7 Å². The monoisotopic (exact) mass is 377 g/mol. The van der Waals surface area contributed by atoms with Crippen LogP contribution in [0.15, 0.2) is 60.7 Å². The number of benzene rings is 2. The molecule has 1 aliphatic heterocycles. The zero-order valence-electron chi connectivity index (χ0n) is 15.6. The number of carbonyl (C=O) groups excluding carboxylic acids is 2. The molecule has 2 aromatic carbocycles. The lowest BCUT2D eigenvalue weighted by Gasteiger charge is -2.35. The Labute approximate surface area is 163 Å². The predicted octanol–water partition coefficient (Wildman–Crippen LogP) is 2.46. The van der Waals surface area contributed by atoms with Gasteiger partial charge in [0.05, 0.1) is 0 Å². The molecule has 3 aromatic rings. The number of hydrogen-bond donors (Lipinski definition) is 2. The van der Waals surface area contributed by atoms with Crippen molar-refractivity contribution in [2.45, 2.75) is 24.9 Å². The molecule has 0 atom stereocenters. The van der Waals surface area contributed by atoms with Crippen LogP contribution in [0, 0.1) is 0 Å². The molecule has 1 aromatic heterocycles. The number of carbonyl (C=O) groups is 2. The summed E-state index contributed by atoms with van der Waals surface area (Å²) in [4.78, 5) is 25.0. The van der Waals surface area contributed by atoms with Gasteiger partial charge in [-0.1, -0.05) is 48.5 Å². The fraction of sp³-hybridized carbons (Fsp3) is 0.273. The first kappa shape index (κ1) is 18.3. The van der Waals surface area contributed by atoms with Crippen LogP contribution in [0.4, 0.5) is 0 Å². The number of primary amides is 1. The van der Waals surface area contributed by atoms with E-state index in [2.05, 4.69) is 11.4 Å². The van der Waals surface area contributed by atoms with Gasteiger partial charge in [0.2, 0.25) is 11.8 Å². The summed E-state index contributed by atoms with van der Waals surface area (Å²) in [5, 5.41) is 3.96. The normalized spacial score (nSPS) is 16.0. The average Bonchev–Trinajstić information content (AvgIpc) is 3.07. The summed E-state index contributed by atoms with van der Waals surface area (Å²) in [7, 11) is 0. The van der Waals surface area contributed by atoms with E-state index in [0.29, 0.717) is 26.1 Å².